The maximum atomic E-state index is 12.0. The minimum absolute atomic E-state index is 0.0520. The summed E-state index contributed by atoms with van der Waals surface area (Å²) in [4.78, 5) is 34.7. The minimum Gasteiger partial charge on any atom is -0.477 e. The topological polar surface area (TPSA) is 131 Å². The third-order valence-corrected chi connectivity index (χ3v) is 3.23. The van der Waals surface area contributed by atoms with Gasteiger partial charge in [0, 0.05) is 19.5 Å². The Balaban J connectivity index is 2.57. The summed E-state index contributed by atoms with van der Waals surface area (Å²) >= 11 is 0. The molecule has 20 heavy (non-hydrogen) atoms. The number of hydrogen-bond acceptors (Lipinski definition) is 6. The molecule has 3 N–H and O–H groups in total. The molecular formula is C11H14N2O7. The average Bonchev–Trinajstić information content (AvgIpc) is 2.76. The Morgan fingerprint density at radius 2 is 2.15 bits per heavy atom. The predicted octanol–water partition coefficient (Wildman–Crippen LogP) is -2.11. The lowest BCUT2D eigenvalue weighted by atomic mass is 10.2. The van der Waals surface area contributed by atoms with Crippen molar-refractivity contribution in [1.82, 2.24) is 9.13 Å². The molecule has 0 radical (unpaired) electrons. The van der Waals surface area contributed by atoms with Crippen molar-refractivity contribution < 1.29 is 24.9 Å². The van der Waals surface area contributed by atoms with Crippen molar-refractivity contribution >= 4 is 5.97 Å². The lowest BCUT2D eigenvalue weighted by Gasteiger charge is -2.17. The molecule has 0 bridgehead atoms. The number of carboxylic acids is 1. The molecule has 0 unspecified atom stereocenters. The third kappa shape index (κ3) is 2.26. The first-order chi connectivity index (χ1) is 9.36. The van der Waals surface area contributed by atoms with Crippen LogP contribution in [0.5, 0.6) is 0 Å². The Hall–Kier alpha value is -1.97. The predicted molar refractivity (Wildman–Crippen MR) is 64.5 cm³/mol. The summed E-state index contributed by atoms with van der Waals surface area (Å²) in [6.45, 7) is -0.458. The summed E-state index contributed by atoms with van der Waals surface area (Å²) in [5.41, 5.74) is -2.12. The fourth-order valence-corrected chi connectivity index (χ4v) is 2.12. The van der Waals surface area contributed by atoms with Crippen molar-refractivity contribution in [3.05, 3.63) is 32.6 Å². The van der Waals surface area contributed by atoms with Gasteiger partial charge in [0.15, 0.2) is 0 Å². The third-order valence-electron chi connectivity index (χ3n) is 3.23. The number of carbonyl (C=O) groups is 1. The Bertz CT molecular complexity index is 647. The number of aromatic carboxylic acids is 1. The van der Waals surface area contributed by atoms with Crippen molar-refractivity contribution in [3.8, 4) is 0 Å². The lowest BCUT2D eigenvalue weighted by molar-refractivity contribution is -0.0471. The second-order valence-electron chi connectivity index (χ2n) is 4.50. The number of aromatic nitrogens is 2. The number of hydrogen-bond donors (Lipinski definition) is 3. The van der Waals surface area contributed by atoms with E-state index in [2.05, 4.69) is 0 Å². The summed E-state index contributed by atoms with van der Waals surface area (Å²) in [6, 6.07) is 0.811. The van der Waals surface area contributed by atoms with E-state index in [0.717, 1.165) is 15.2 Å². The number of aliphatic hydroxyl groups excluding tert-OH is 2. The van der Waals surface area contributed by atoms with Gasteiger partial charge in [0.1, 0.15) is 18.0 Å². The number of rotatable bonds is 3. The maximum absolute atomic E-state index is 12.0. The smallest absolute Gasteiger partial charge is 0.352 e. The van der Waals surface area contributed by atoms with Gasteiger partial charge in [0.2, 0.25) is 0 Å². The monoisotopic (exact) mass is 286 g/mol. The van der Waals surface area contributed by atoms with Gasteiger partial charge < -0.3 is 20.1 Å². The summed E-state index contributed by atoms with van der Waals surface area (Å²) in [7, 11) is 1.21. The Morgan fingerprint density at radius 1 is 1.50 bits per heavy atom. The molecule has 0 saturated carbocycles. The van der Waals surface area contributed by atoms with Crippen LogP contribution in [0.3, 0.4) is 0 Å². The molecule has 3 atom stereocenters. The number of aliphatic hydroxyl groups is 2. The summed E-state index contributed by atoms with van der Waals surface area (Å²) in [6.07, 6.45) is -3.02. The highest BCUT2D eigenvalue weighted by Gasteiger charge is 2.37. The normalized spacial score (nSPS) is 25.9. The molecule has 0 spiro atoms. The van der Waals surface area contributed by atoms with Crippen LogP contribution in [0.15, 0.2) is 15.7 Å². The Kier molecular flexibility index (Phi) is 3.75. The van der Waals surface area contributed by atoms with Crippen LogP contribution < -0.4 is 11.2 Å². The largest absolute Gasteiger partial charge is 0.477 e. The molecule has 9 nitrogen and oxygen atoms in total. The van der Waals surface area contributed by atoms with Crippen molar-refractivity contribution in [2.75, 3.05) is 6.61 Å². The molecule has 0 aliphatic carbocycles. The second-order valence-corrected chi connectivity index (χ2v) is 4.50. The zero-order chi connectivity index (χ0) is 15.0. The van der Waals surface area contributed by atoms with E-state index in [4.69, 9.17) is 14.9 Å². The van der Waals surface area contributed by atoms with E-state index in [1.54, 1.807) is 0 Å². The Morgan fingerprint density at radius 3 is 2.65 bits per heavy atom. The molecule has 2 heterocycles. The van der Waals surface area contributed by atoms with Gasteiger partial charge in [-0.1, -0.05) is 0 Å². The van der Waals surface area contributed by atoms with Crippen molar-refractivity contribution in [3.63, 3.8) is 0 Å². The quantitative estimate of drug-likeness (QED) is 0.579. The molecule has 1 fully saturated rings. The SMILES string of the molecule is Cn1c(=O)cc(C(=O)O)n([C@H]2C[C@H](O)[C@@H](CO)O2)c1=O. The van der Waals surface area contributed by atoms with E-state index >= 15 is 0 Å². The first kappa shape index (κ1) is 14.4. The van der Waals surface area contributed by atoms with Crippen LogP contribution in [0.1, 0.15) is 23.1 Å². The van der Waals surface area contributed by atoms with E-state index in [1.165, 1.54) is 7.05 Å². The minimum atomic E-state index is -1.45. The molecule has 0 aromatic carbocycles. The number of ether oxygens (including phenoxy) is 1. The molecule has 1 aromatic heterocycles. The summed E-state index contributed by atoms with van der Waals surface area (Å²) in [5.74, 6) is -1.45. The molecule has 1 saturated heterocycles. The number of nitrogens with zero attached hydrogens (tertiary/aromatic N) is 2. The zero-order valence-electron chi connectivity index (χ0n) is 10.6. The van der Waals surface area contributed by atoms with Crippen LogP contribution in [0.4, 0.5) is 0 Å². The van der Waals surface area contributed by atoms with Crippen LogP contribution in [-0.2, 0) is 11.8 Å². The second kappa shape index (κ2) is 5.19. The highest BCUT2D eigenvalue weighted by Crippen LogP contribution is 2.28. The zero-order valence-corrected chi connectivity index (χ0v) is 10.6. The van der Waals surface area contributed by atoms with Crippen LogP contribution in [-0.4, -0.2) is 49.2 Å². The fraction of sp³-hybridized carbons (Fsp3) is 0.545. The first-order valence-corrected chi connectivity index (χ1v) is 5.87. The van der Waals surface area contributed by atoms with E-state index in [-0.39, 0.29) is 6.42 Å². The van der Waals surface area contributed by atoms with E-state index in [9.17, 15) is 19.5 Å². The van der Waals surface area contributed by atoms with Crippen molar-refractivity contribution in [1.29, 1.82) is 0 Å². The van der Waals surface area contributed by atoms with Gasteiger partial charge in [0.25, 0.3) is 5.56 Å². The average molecular weight is 286 g/mol. The molecule has 0 amide bonds. The van der Waals surface area contributed by atoms with E-state index in [0.29, 0.717) is 0 Å². The highest BCUT2D eigenvalue weighted by molar-refractivity contribution is 5.85. The van der Waals surface area contributed by atoms with Crippen LogP contribution >= 0.6 is 0 Å². The molecule has 1 aromatic rings. The van der Waals surface area contributed by atoms with Gasteiger partial charge in [-0.15, -0.1) is 0 Å². The van der Waals surface area contributed by atoms with Gasteiger partial charge in [-0.25, -0.2) is 9.59 Å². The molecule has 9 heteroatoms. The first-order valence-electron chi connectivity index (χ1n) is 5.87. The summed E-state index contributed by atoms with van der Waals surface area (Å²) in [5, 5.41) is 27.7. The maximum Gasteiger partial charge on any atom is 0.352 e. The van der Waals surface area contributed by atoms with Gasteiger partial charge in [0.05, 0.1) is 12.7 Å². The van der Waals surface area contributed by atoms with Crippen LogP contribution in [0.25, 0.3) is 0 Å². The van der Waals surface area contributed by atoms with Gasteiger partial charge in [-0.3, -0.25) is 13.9 Å². The number of carboxylic acid groups (broad SMARTS) is 1. The molecule has 110 valence electrons. The lowest BCUT2D eigenvalue weighted by Crippen LogP contribution is -2.42. The standard InChI is InChI=1S/C11H14N2O7/c1-12-8(16)2-5(10(17)18)13(11(12)19)9-3-6(15)7(4-14)20-9/h2,6-7,9,14-15H,3-4H2,1H3,(H,17,18)/t6-,7+,9+/m0/s1. The summed E-state index contributed by atoms with van der Waals surface area (Å²) < 4.78 is 6.80. The highest BCUT2D eigenvalue weighted by atomic mass is 16.5. The van der Waals surface area contributed by atoms with Crippen LogP contribution in [0.2, 0.25) is 0 Å². The van der Waals surface area contributed by atoms with Gasteiger partial charge in [-0.2, -0.15) is 0 Å². The molecule has 1 aliphatic heterocycles. The fourth-order valence-electron chi connectivity index (χ4n) is 2.12. The van der Waals surface area contributed by atoms with Gasteiger partial charge in [-0.05, 0) is 0 Å². The molecule has 1 aliphatic rings. The molecule has 2 rings (SSSR count). The van der Waals surface area contributed by atoms with Crippen molar-refractivity contribution in [2.24, 2.45) is 7.05 Å². The van der Waals surface area contributed by atoms with Crippen LogP contribution in [0, 0.1) is 0 Å². The van der Waals surface area contributed by atoms with Gasteiger partial charge >= 0.3 is 11.7 Å². The van der Waals surface area contributed by atoms with E-state index < -0.39 is 48.0 Å². The van der Waals surface area contributed by atoms with E-state index in [1.807, 2.05) is 0 Å². The molecular weight excluding hydrogens is 272 g/mol. The van der Waals surface area contributed by atoms with Crippen molar-refractivity contribution in [2.45, 2.75) is 24.9 Å². The Labute approximate surface area is 112 Å².